The van der Waals surface area contributed by atoms with E-state index >= 15 is 0 Å². The summed E-state index contributed by atoms with van der Waals surface area (Å²) in [4.78, 5) is 0. The number of rotatable bonds is 15. The minimum atomic E-state index is 0. The highest BCUT2D eigenvalue weighted by Gasteiger charge is 2.12. The molecule has 31 heavy (non-hydrogen) atoms. The zero-order valence-corrected chi connectivity index (χ0v) is 21.8. The van der Waals surface area contributed by atoms with Crippen molar-refractivity contribution in [3.63, 3.8) is 0 Å². The van der Waals surface area contributed by atoms with Gasteiger partial charge in [0, 0.05) is 0 Å². The molecule has 2 rings (SSSR count). The van der Waals surface area contributed by atoms with Crippen molar-refractivity contribution in [3.8, 4) is 11.5 Å². The lowest BCUT2D eigenvalue weighted by Crippen LogP contribution is -2.19. The van der Waals surface area contributed by atoms with Gasteiger partial charge >= 0.3 is 0 Å². The van der Waals surface area contributed by atoms with Crippen molar-refractivity contribution >= 4 is 40.7 Å². The third-order valence-electron chi connectivity index (χ3n) is 5.03. The smallest absolute Gasteiger partial charge is 0.175 e. The fraction of sp³-hybridized carbons (Fsp3) is 0.500. The molecule has 0 unspecified atom stereocenters. The fourth-order valence-electron chi connectivity index (χ4n) is 3.33. The molecular formula is C24H37BrCl2N2O2. The van der Waals surface area contributed by atoms with Crippen LogP contribution in [0.25, 0.3) is 0 Å². The number of ether oxygens (including phenoxy) is 2. The van der Waals surface area contributed by atoms with Gasteiger partial charge in [-0.2, -0.15) is 0 Å². The zero-order valence-electron chi connectivity index (χ0n) is 18.6. The van der Waals surface area contributed by atoms with Crippen LogP contribution in [-0.4, -0.2) is 40.4 Å². The first-order valence-corrected chi connectivity index (χ1v) is 11.4. The summed E-state index contributed by atoms with van der Waals surface area (Å²) in [6.07, 6.45) is 7.15. The van der Waals surface area contributed by atoms with Crippen molar-refractivity contribution in [3.05, 3.63) is 58.1 Å². The molecule has 176 valence electrons. The van der Waals surface area contributed by atoms with E-state index in [1.54, 1.807) is 14.2 Å². The van der Waals surface area contributed by atoms with Crippen LogP contribution in [0.2, 0.25) is 0 Å². The summed E-state index contributed by atoms with van der Waals surface area (Å²) >= 11 is 3.64. The van der Waals surface area contributed by atoms with Crippen LogP contribution in [0.3, 0.4) is 0 Å². The first-order valence-electron chi connectivity index (χ1n) is 10.6. The van der Waals surface area contributed by atoms with Crippen LogP contribution < -0.4 is 20.1 Å². The first-order chi connectivity index (χ1) is 14.3. The number of benzene rings is 2. The third-order valence-corrected chi connectivity index (χ3v) is 5.90. The predicted molar refractivity (Wildman–Crippen MR) is 140 cm³/mol. The molecular weight excluding hydrogens is 499 g/mol. The second-order valence-electron chi connectivity index (χ2n) is 7.17. The maximum Gasteiger partial charge on any atom is 0.175 e. The van der Waals surface area contributed by atoms with E-state index in [2.05, 4.69) is 63.0 Å². The van der Waals surface area contributed by atoms with Crippen LogP contribution >= 0.6 is 40.7 Å². The van der Waals surface area contributed by atoms with Crippen LogP contribution in [0.1, 0.15) is 36.8 Å². The molecule has 4 nitrogen and oxygen atoms in total. The molecule has 7 heteroatoms. The number of halogens is 3. The Kier molecular flexibility index (Phi) is 18.0. The van der Waals surface area contributed by atoms with E-state index in [9.17, 15) is 0 Å². The average molecular weight is 536 g/mol. The van der Waals surface area contributed by atoms with Crippen molar-refractivity contribution in [1.29, 1.82) is 0 Å². The highest BCUT2D eigenvalue weighted by molar-refractivity contribution is 9.10. The van der Waals surface area contributed by atoms with E-state index in [0.29, 0.717) is 0 Å². The molecule has 2 aromatic rings. The minimum absolute atomic E-state index is 0. The fourth-order valence-corrected chi connectivity index (χ4v) is 4.01. The Hall–Kier alpha value is -0.980. The minimum Gasteiger partial charge on any atom is -0.493 e. The van der Waals surface area contributed by atoms with Gasteiger partial charge in [0.2, 0.25) is 0 Å². The maximum atomic E-state index is 5.44. The van der Waals surface area contributed by atoms with Crippen molar-refractivity contribution in [2.75, 3.05) is 40.4 Å². The van der Waals surface area contributed by atoms with Crippen molar-refractivity contribution < 1.29 is 9.47 Å². The molecule has 0 aliphatic rings. The zero-order chi connectivity index (χ0) is 20.7. The lowest BCUT2D eigenvalue weighted by Gasteiger charge is -2.13. The second kappa shape index (κ2) is 18.6. The van der Waals surface area contributed by atoms with E-state index in [0.717, 1.165) is 55.0 Å². The summed E-state index contributed by atoms with van der Waals surface area (Å²) in [5.41, 5.74) is 2.64. The summed E-state index contributed by atoms with van der Waals surface area (Å²) in [6, 6.07) is 14.7. The van der Waals surface area contributed by atoms with E-state index in [-0.39, 0.29) is 24.8 Å². The molecule has 0 spiro atoms. The van der Waals surface area contributed by atoms with Gasteiger partial charge in [0.1, 0.15) is 0 Å². The Morgan fingerprint density at radius 1 is 0.710 bits per heavy atom. The Morgan fingerprint density at radius 2 is 1.32 bits per heavy atom. The lowest BCUT2D eigenvalue weighted by atomic mass is 10.1. The predicted octanol–water partition coefficient (Wildman–Crippen LogP) is 5.83. The van der Waals surface area contributed by atoms with E-state index < -0.39 is 0 Å². The first kappa shape index (κ1) is 30.0. The van der Waals surface area contributed by atoms with Gasteiger partial charge in [-0.3, -0.25) is 0 Å². The summed E-state index contributed by atoms with van der Waals surface area (Å²) in [5, 5.41) is 7.09. The van der Waals surface area contributed by atoms with Crippen molar-refractivity contribution in [2.45, 2.75) is 38.5 Å². The summed E-state index contributed by atoms with van der Waals surface area (Å²) in [7, 11) is 3.33. The molecule has 0 saturated heterocycles. The Morgan fingerprint density at radius 3 is 1.90 bits per heavy atom. The number of methoxy groups -OCH3 is 2. The Balaban J connectivity index is 0.00000450. The number of hydrogen-bond donors (Lipinski definition) is 2. The molecule has 0 aliphatic carbocycles. The highest BCUT2D eigenvalue weighted by atomic mass is 79.9. The monoisotopic (exact) mass is 534 g/mol. The molecule has 0 aromatic heterocycles. The number of unbranched alkanes of at least 4 members (excludes halogenated alkanes) is 3. The van der Waals surface area contributed by atoms with Gasteiger partial charge in [-0.15, -0.1) is 24.8 Å². The molecule has 0 heterocycles. The molecule has 2 aromatic carbocycles. The van der Waals surface area contributed by atoms with Crippen LogP contribution in [0, 0.1) is 0 Å². The van der Waals surface area contributed by atoms with E-state index in [4.69, 9.17) is 9.47 Å². The van der Waals surface area contributed by atoms with Gasteiger partial charge in [0.25, 0.3) is 0 Å². The van der Waals surface area contributed by atoms with Gasteiger partial charge in [0.05, 0.1) is 18.7 Å². The number of hydrogen-bond acceptors (Lipinski definition) is 4. The van der Waals surface area contributed by atoms with Gasteiger partial charge in [-0.25, -0.2) is 0 Å². The molecule has 0 bridgehead atoms. The van der Waals surface area contributed by atoms with Crippen LogP contribution in [0.5, 0.6) is 11.5 Å². The molecule has 0 atom stereocenters. The van der Waals surface area contributed by atoms with Crippen molar-refractivity contribution in [2.24, 2.45) is 0 Å². The van der Waals surface area contributed by atoms with E-state index in [1.807, 2.05) is 6.07 Å². The topological polar surface area (TPSA) is 42.5 Å². The molecule has 0 radical (unpaired) electrons. The van der Waals surface area contributed by atoms with Crippen LogP contribution in [0.15, 0.2) is 46.9 Å². The highest BCUT2D eigenvalue weighted by Crippen LogP contribution is 2.37. The standard InChI is InChI=1S/C24H35BrN2O2.2ClH/c1-28-22-13-12-21(23(25)24(22)29-2)15-19-27-17-9-4-3-8-16-26-18-14-20-10-6-5-7-11-20;;/h5-7,10-13,26-27H,3-4,8-9,14-19H2,1-2H3;2*1H. The second-order valence-corrected chi connectivity index (χ2v) is 7.97. The van der Waals surface area contributed by atoms with Gasteiger partial charge in [0.15, 0.2) is 11.5 Å². The molecule has 0 amide bonds. The third kappa shape index (κ3) is 11.4. The lowest BCUT2D eigenvalue weighted by molar-refractivity contribution is 0.352. The van der Waals surface area contributed by atoms with Crippen molar-refractivity contribution in [1.82, 2.24) is 10.6 Å². The van der Waals surface area contributed by atoms with Gasteiger partial charge < -0.3 is 20.1 Å². The van der Waals surface area contributed by atoms with Gasteiger partial charge in [-0.05, 0) is 85.0 Å². The molecule has 2 N–H and O–H groups in total. The normalized spacial score (nSPS) is 10.2. The van der Waals surface area contributed by atoms with Crippen LogP contribution in [0.4, 0.5) is 0 Å². The summed E-state index contributed by atoms with van der Waals surface area (Å²) in [5.74, 6) is 1.52. The Bertz CT molecular complexity index is 705. The number of nitrogens with one attached hydrogen (secondary N) is 2. The molecule has 0 saturated carbocycles. The maximum absolute atomic E-state index is 5.44. The SMILES string of the molecule is COc1ccc(CCNCCCCCCNCCc2ccccc2)c(Br)c1OC.Cl.Cl. The quantitative estimate of drug-likeness (QED) is 0.281. The van der Waals surface area contributed by atoms with Crippen LogP contribution in [-0.2, 0) is 12.8 Å². The largest absolute Gasteiger partial charge is 0.493 e. The molecule has 0 fully saturated rings. The Labute approximate surface area is 208 Å². The summed E-state index contributed by atoms with van der Waals surface area (Å²) in [6.45, 7) is 4.23. The van der Waals surface area contributed by atoms with E-state index in [1.165, 1.54) is 36.8 Å². The summed E-state index contributed by atoms with van der Waals surface area (Å²) < 4.78 is 11.8. The average Bonchev–Trinajstić information content (AvgIpc) is 2.75. The molecule has 0 aliphatic heterocycles. The van der Waals surface area contributed by atoms with Gasteiger partial charge in [-0.1, -0.05) is 49.2 Å².